The Hall–Kier alpha value is -2.30. The summed E-state index contributed by atoms with van der Waals surface area (Å²) in [7, 11) is 1.33. The number of hydrogen-bond acceptors (Lipinski definition) is 5. The number of nitrogens with zero attached hydrogens (tertiary/aromatic N) is 1. The van der Waals surface area contributed by atoms with Crippen molar-refractivity contribution in [2.75, 3.05) is 7.11 Å². The fourth-order valence-corrected chi connectivity index (χ4v) is 1.43. The molecule has 0 radical (unpaired) electrons. The Balaban J connectivity index is 2.49. The second kappa shape index (κ2) is 4.06. The van der Waals surface area contributed by atoms with Crippen molar-refractivity contribution in [1.29, 1.82) is 0 Å². The normalized spacial score (nSPS) is 11.1. The lowest BCUT2D eigenvalue weighted by molar-refractivity contribution is 0.0601. The van der Waals surface area contributed by atoms with Gasteiger partial charge in [0.15, 0.2) is 0 Å². The van der Waals surface area contributed by atoms with E-state index in [9.17, 15) is 4.79 Å². The molecule has 16 heavy (non-hydrogen) atoms. The van der Waals surface area contributed by atoms with Crippen molar-refractivity contribution >= 4 is 23.2 Å². The van der Waals surface area contributed by atoms with Crippen molar-refractivity contribution in [3.05, 3.63) is 35.6 Å². The number of hydrogen-bond donors (Lipinski definition) is 1. The van der Waals surface area contributed by atoms with Crippen LogP contribution in [0.2, 0.25) is 0 Å². The van der Waals surface area contributed by atoms with Crippen LogP contribution in [-0.4, -0.2) is 24.5 Å². The minimum absolute atomic E-state index is 0.402. The molecule has 0 aliphatic rings. The number of ether oxygens (including phenoxy) is 1. The molecule has 1 N–H and O–H groups in total. The topological polar surface area (TPSA) is 72.0 Å². The van der Waals surface area contributed by atoms with Crippen molar-refractivity contribution in [3.8, 4) is 0 Å². The smallest absolute Gasteiger partial charge is 0.337 e. The molecule has 1 aromatic carbocycles. The summed E-state index contributed by atoms with van der Waals surface area (Å²) in [4.78, 5) is 11.3. The number of fused-ring (bicyclic) bond motifs is 1. The molecule has 2 rings (SSSR count). The maximum absolute atomic E-state index is 11.3. The number of esters is 1. The van der Waals surface area contributed by atoms with E-state index in [1.54, 1.807) is 24.3 Å². The molecule has 1 aromatic heterocycles. The Bertz CT molecular complexity index is 556. The number of rotatable bonds is 2. The molecule has 0 fully saturated rings. The molecule has 5 heteroatoms. The molecule has 0 amide bonds. The zero-order valence-corrected chi connectivity index (χ0v) is 8.51. The largest absolute Gasteiger partial charge is 0.465 e. The molecule has 0 saturated carbocycles. The van der Waals surface area contributed by atoms with Crippen LogP contribution in [0, 0.1) is 0 Å². The van der Waals surface area contributed by atoms with Gasteiger partial charge in [-0.3, -0.25) is 0 Å². The number of furan rings is 1. The third-order valence-corrected chi connectivity index (χ3v) is 2.14. The Morgan fingerprint density at radius 1 is 1.50 bits per heavy atom. The average Bonchev–Trinajstić information content (AvgIpc) is 2.69. The van der Waals surface area contributed by atoms with Gasteiger partial charge in [-0.05, 0) is 24.3 Å². The van der Waals surface area contributed by atoms with Crippen LogP contribution in [0.15, 0.2) is 33.8 Å². The van der Waals surface area contributed by atoms with Crippen molar-refractivity contribution < 1.29 is 19.2 Å². The lowest BCUT2D eigenvalue weighted by Gasteiger charge is -1.97. The van der Waals surface area contributed by atoms with Gasteiger partial charge in [-0.2, -0.15) is 0 Å². The van der Waals surface area contributed by atoms with Crippen LogP contribution >= 0.6 is 0 Å². The molecule has 0 aliphatic carbocycles. The van der Waals surface area contributed by atoms with Crippen LogP contribution in [0.5, 0.6) is 0 Å². The number of methoxy groups -OCH3 is 1. The van der Waals surface area contributed by atoms with Gasteiger partial charge in [0.1, 0.15) is 17.6 Å². The zero-order valence-electron chi connectivity index (χ0n) is 8.51. The van der Waals surface area contributed by atoms with Gasteiger partial charge in [-0.15, -0.1) is 0 Å². The van der Waals surface area contributed by atoms with Crippen LogP contribution in [0.25, 0.3) is 11.0 Å². The van der Waals surface area contributed by atoms with E-state index in [0.29, 0.717) is 16.9 Å². The Morgan fingerprint density at radius 2 is 2.31 bits per heavy atom. The summed E-state index contributed by atoms with van der Waals surface area (Å²) in [6.45, 7) is 0. The van der Waals surface area contributed by atoms with Gasteiger partial charge in [0.2, 0.25) is 0 Å². The van der Waals surface area contributed by atoms with E-state index in [1.165, 1.54) is 13.3 Å². The van der Waals surface area contributed by atoms with E-state index in [0.717, 1.165) is 5.39 Å². The van der Waals surface area contributed by atoms with E-state index in [4.69, 9.17) is 9.62 Å². The molecule has 0 bridgehead atoms. The minimum Gasteiger partial charge on any atom is -0.465 e. The highest BCUT2D eigenvalue weighted by Gasteiger charge is 2.08. The van der Waals surface area contributed by atoms with Crippen molar-refractivity contribution in [1.82, 2.24) is 0 Å². The number of carbonyl (C=O) groups excluding carboxylic acids is 1. The van der Waals surface area contributed by atoms with Gasteiger partial charge in [0, 0.05) is 5.39 Å². The van der Waals surface area contributed by atoms with Gasteiger partial charge in [-0.1, -0.05) is 5.16 Å². The molecule has 0 unspecified atom stereocenters. The molecule has 82 valence electrons. The predicted octanol–water partition coefficient (Wildman–Crippen LogP) is 2.03. The number of benzene rings is 1. The minimum atomic E-state index is -0.402. The van der Waals surface area contributed by atoms with E-state index in [2.05, 4.69) is 9.89 Å². The fourth-order valence-electron chi connectivity index (χ4n) is 1.43. The second-order valence-electron chi connectivity index (χ2n) is 3.14. The predicted molar refractivity (Wildman–Crippen MR) is 56.9 cm³/mol. The summed E-state index contributed by atoms with van der Waals surface area (Å²) in [6.07, 6.45) is 1.18. The monoisotopic (exact) mass is 219 g/mol. The SMILES string of the molecule is COC(=O)c1ccc2oc(/C=N\O)cc2c1. The Labute approximate surface area is 90.9 Å². The maximum atomic E-state index is 11.3. The van der Waals surface area contributed by atoms with Gasteiger partial charge < -0.3 is 14.4 Å². The Kier molecular flexibility index (Phi) is 2.59. The number of oxime groups is 1. The van der Waals surface area contributed by atoms with E-state index in [1.807, 2.05) is 0 Å². The maximum Gasteiger partial charge on any atom is 0.337 e. The second-order valence-corrected chi connectivity index (χ2v) is 3.14. The summed E-state index contributed by atoms with van der Waals surface area (Å²) in [6, 6.07) is 6.59. The molecule has 1 heterocycles. The number of carbonyl (C=O) groups is 1. The van der Waals surface area contributed by atoms with Crippen molar-refractivity contribution in [2.24, 2.45) is 5.16 Å². The lowest BCUT2D eigenvalue weighted by atomic mass is 10.1. The highest BCUT2D eigenvalue weighted by Crippen LogP contribution is 2.20. The highest BCUT2D eigenvalue weighted by atomic mass is 16.5. The fraction of sp³-hybridized carbons (Fsp3) is 0.0909. The first kappa shape index (κ1) is 10.2. The van der Waals surface area contributed by atoms with E-state index >= 15 is 0 Å². The standard InChI is InChI=1S/C11H9NO4/c1-15-11(13)7-2-3-10-8(4-7)5-9(16-10)6-12-14/h2-6,14H,1H3/b12-6-. The molecule has 0 saturated heterocycles. The summed E-state index contributed by atoms with van der Waals surface area (Å²) in [5, 5.41) is 12.0. The van der Waals surface area contributed by atoms with Crippen LogP contribution in [0.1, 0.15) is 16.1 Å². The summed E-state index contributed by atoms with van der Waals surface area (Å²) in [5.74, 6) is 0.0139. The van der Waals surface area contributed by atoms with Crippen molar-refractivity contribution in [2.45, 2.75) is 0 Å². The van der Waals surface area contributed by atoms with Gasteiger partial charge >= 0.3 is 5.97 Å². The van der Waals surface area contributed by atoms with Crippen LogP contribution in [0.4, 0.5) is 0 Å². The third kappa shape index (κ3) is 1.75. The van der Waals surface area contributed by atoms with Crippen LogP contribution in [-0.2, 0) is 4.74 Å². The van der Waals surface area contributed by atoms with Crippen LogP contribution in [0.3, 0.4) is 0 Å². The molecule has 0 atom stereocenters. The molecular formula is C11H9NO4. The first-order chi connectivity index (χ1) is 7.74. The molecule has 5 nitrogen and oxygen atoms in total. The third-order valence-electron chi connectivity index (χ3n) is 2.14. The average molecular weight is 219 g/mol. The van der Waals surface area contributed by atoms with Gasteiger partial charge in [-0.25, -0.2) is 4.79 Å². The molecular weight excluding hydrogens is 210 g/mol. The summed E-state index contributed by atoms with van der Waals surface area (Å²) < 4.78 is 9.92. The van der Waals surface area contributed by atoms with Gasteiger partial charge in [0.05, 0.1) is 12.7 Å². The molecule has 0 spiro atoms. The van der Waals surface area contributed by atoms with E-state index in [-0.39, 0.29) is 0 Å². The summed E-state index contributed by atoms with van der Waals surface area (Å²) >= 11 is 0. The summed E-state index contributed by atoms with van der Waals surface area (Å²) in [5.41, 5.74) is 1.06. The molecule has 2 aromatic rings. The quantitative estimate of drug-likeness (QED) is 0.363. The highest BCUT2D eigenvalue weighted by molar-refractivity contribution is 5.95. The van der Waals surface area contributed by atoms with Crippen LogP contribution < -0.4 is 0 Å². The lowest BCUT2D eigenvalue weighted by Crippen LogP contribution is -1.99. The molecule has 0 aliphatic heterocycles. The van der Waals surface area contributed by atoms with Gasteiger partial charge in [0.25, 0.3) is 0 Å². The zero-order chi connectivity index (χ0) is 11.5. The van der Waals surface area contributed by atoms with E-state index < -0.39 is 5.97 Å². The van der Waals surface area contributed by atoms with Crippen molar-refractivity contribution in [3.63, 3.8) is 0 Å². The Morgan fingerprint density at radius 3 is 3.00 bits per heavy atom. The first-order valence-corrected chi connectivity index (χ1v) is 4.54. The first-order valence-electron chi connectivity index (χ1n) is 4.54.